The summed E-state index contributed by atoms with van der Waals surface area (Å²) in [4.78, 5) is 11.6. The fourth-order valence-corrected chi connectivity index (χ4v) is 4.71. The Kier molecular flexibility index (Phi) is 7.08. The molecule has 5 atom stereocenters. The Morgan fingerprint density at radius 2 is 1.82 bits per heavy atom. The SMILES string of the molecule is CCC(O)(CC)CC1CC2CC(OCC(=O)OC(O)C(F)(F)S(=O)(=O)O)C1C2. The third-order valence-corrected chi connectivity index (χ3v) is 7.03. The van der Waals surface area contributed by atoms with E-state index in [-0.39, 0.29) is 17.9 Å². The Morgan fingerprint density at radius 3 is 2.32 bits per heavy atom. The summed E-state index contributed by atoms with van der Waals surface area (Å²) in [6.07, 6.45) is 0.835. The van der Waals surface area contributed by atoms with Gasteiger partial charge >= 0.3 is 21.3 Å². The minimum absolute atomic E-state index is 0.131. The highest BCUT2D eigenvalue weighted by Gasteiger charge is 2.54. The van der Waals surface area contributed by atoms with Gasteiger partial charge in [-0.15, -0.1) is 0 Å². The van der Waals surface area contributed by atoms with E-state index in [1.54, 1.807) is 0 Å². The van der Waals surface area contributed by atoms with E-state index in [2.05, 4.69) is 4.74 Å². The number of alkyl halides is 2. The number of carbonyl (C=O) groups excluding carboxylic acids is 1. The van der Waals surface area contributed by atoms with Crippen LogP contribution in [0.2, 0.25) is 0 Å². The van der Waals surface area contributed by atoms with Crippen molar-refractivity contribution in [2.24, 2.45) is 17.8 Å². The van der Waals surface area contributed by atoms with Crippen molar-refractivity contribution in [3.63, 3.8) is 0 Å². The van der Waals surface area contributed by atoms with Gasteiger partial charge in [-0.25, -0.2) is 4.79 Å². The third kappa shape index (κ3) is 4.99. The maximum atomic E-state index is 13.2. The highest BCUT2D eigenvalue weighted by atomic mass is 32.2. The van der Waals surface area contributed by atoms with Crippen LogP contribution in [0.3, 0.4) is 0 Å². The molecule has 2 rings (SSSR count). The first kappa shape index (κ1) is 23.4. The molecule has 2 saturated carbocycles. The summed E-state index contributed by atoms with van der Waals surface area (Å²) in [7, 11) is -5.94. The molecule has 0 spiro atoms. The van der Waals surface area contributed by atoms with Gasteiger partial charge in [0.15, 0.2) is 0 Å². The Labute approximate surface area is 163 Å². The standard InChI is InChI=1S/C17H28F2O8S/c1-3-16(22,4-2)8-11-5-10-6-12(11)13(7-10)26-9-14(20)27-15(21)17(18,19)28(23,24)25/h10-13,15,21-22H,3-9H2,1-2H3,(H,23,24,25). The van der Waals surface area contributed by atoms with E-state index in [1.807, 2.05) is 13.8 Å². The molecule has 0 aromatic heterocycles. The number of hydrogen-bond acceptors (Lipinski definition) is 7. The topological polar surface area (TPSA) is 130 Å². The molecule has 0 aromatic rings. The van der Waals surface area contributed by atoms with Crippen LogP contribution in [0.4, 0.5) is 8.78 Å². The summed E-state index contributed by atoms with van der Waals surface area (Å²) in [5.41, 5.74) is -0.746. The van der Waals surface area contributed by atoms with E-state index in [0.29, 0.717) is 31.6 Å². The van der Waals surface area contributed by atoms with Crippen LogP contribution in [0, 0.1) is 17.8 Å². The van der Waals surface area contributed by atoms with E-state index in [4.69, 9.17) is 14.4 Å². The van der Waals surface area contributed by atoms with E-state index in [1.165, 1.54) is 0 Å². The monoisotopic (exact) mass is 430 g/mol. The second kappa shape index (κ2) is 8.47. The van der Waals surface area contributed by atoms with Crippen LogP contribution in [0.15, 0.2) is 0 Å². The summed E-state index contributed by atoms with van der Waals surface area (Å²) in [6.45, 7) is 3.12. The minimum Gasteiger partial charge on any atom is -0.426 e. The minimum atomic E-state index is -5.94. The van der Waals surface area contributed by atoms with Gasteiger partial charge in [0.1, 0.15) is 6.61 Å². The first-order valence-corrected chi connectivity index (χ1v) is 10.8. The molecule has 2 fully saturated rings. The number of aliphatic hydroxyl groups is 2. The van der Waals surface area contributed by atoms with Gasteiger partial charge in [0.25, 0.3) is 6.29 Å². The molecule has 164 valence electrons. The number of hydrogen-bond donors (Lipinski definition) is 3. The van der Waals surface area contributed by atoms with Crippen molar-refractivity contribution >= 4 is 16.1 Å². The van der Waals surface area contributed by atoms with Crippen molar-refractivity contribution in [2.45, 2.75) is 75.6 Å². The van der Waals surface area contributed by atoms with Gasteiger partial charge in [-0.1, -0.05) is 13.8 Å². The van der Waals surface area contributed by atoms with Crippen LogP contribution < -0.4 is 0 Å². The maximum Gasteiger partial charge on any atom is 0.430 e. The number of esters is 1. The van der Waals surface area contributed by atoms with Gasteiger partial charge in [0, 0.05) is 0 Å². The van der Waals surface area contributed by atoms with Crippen LogP contribution in [0.25, 0.3) is 0 Å². The first-order chi connectivity index (χ1) is 12.8. The lowest BCUT2D eigenvalue weighted by molar-refractivity contribution is -0.210. The normalized spacial score (nSPS) is 29.1. The Bertz CT molecular complexity index is 664. The molecule has 11 heteroatoms. The number of rotatable bonds is 10. The molecular formula is C17H28F2O8S. The second-order valence-corrected chi connectivity index (χ2v) is 9.36. The van der Waals surface area contributed by atoms with Crippen molar-refractivity contribution in [2.75, 3.05) is 6.61 Å². The number of carbonyl (C=O) groups is 1. The molecule has 0 amide bonds. The van der Waals surface area contributed by atoms with Gasteiger partial charge in [-0.3, -0.25) is 4.55 Å². The molecular weight excluding hydrogens is 402 g/mol. The Morgan fingerprint density at radius 1 is 1.21 bits per heavy atom. The lowest BCUT2D eigenvalue weighted by atomic mass is 9.77. The summed E-state index contributed by atoms with van der Waals surface area (Å²) in [6, 6.07) is 0. The van der Waals surface area contributed by atoms with E-state index < -0.39 is 39.8 Å². The largest absolute Gasteiger partial charge is 0.430 e. The highest BCUT2D eigenvalue weighted by molar-refractivity contribution is 7.86. The Hall–Kier alpha value is -0.880. The molecule has 0 aliphatic heterocycles. The fourth-order valence-electron chi connectivity index (χ4n) is 4.41. The molecule has 0 heterocycles. The van der Waals surface area contributed by atoms with E-state index in [0.717, 1.165) is 12.8 Å². The molecule has 0 aromatic carbocycles. The molecule has 8 nitrogen and oxygen atoms in total. The quantitative estimate of drug-likeness (QED) is 0.271. The predicted molar refractivity (Wildman–Crippen MR) is 92.8 cm³/mol. The summed E-state index contributed by atoms with van der Waals surface area (Å²) in [5.74, 6) is -0.594. The van der Waals surface area contributed by atoms with E-state index >= 15 is 0 Å². The highest BCUT2D eigenvalue weighted by Crippen LogP contribution is 2.52. The third-order valence-electron chi connectivity index (χ3n) is 6.14. The number of aliphatic hydroxyl groups excluding tert-OH is 1. The molecule has 2 aliphatic carbocycles. The number of ether oxygens (including phenoxy) is 2. The molecule has 0 saturated heterocycles. The van der Waals surface area contributed by atoms with Gasteiger partial charge in [-0.2, -0.15) is 17.2 Å². The van der Waals surface area contributed by atoms with Crippen molar-refractivity contribution in [3.05, 3.63) is 0 Å². The summed E-state index contributed by atoms with van der Waals surface area (Å²) < 4.78 is 65.3. The van der Waals surface area contributed by atoms with Gasteiger partial charge < -0.3 is 19.7 Å². The second-order valence-electron chi connectivity index (χ2n) is 7.86. The van der Waals surface area contributed by atoms with Crippen LogP contribution in [0.5, 0.6) is 0 Å². The Balaban J connectivity index is 1.87. The van der Waals surface area contributed by atoms with Crippen LogP contribution in [-0.4, -0.2) is 59.0 Å². The fraction of sp³-hybridized carbons (Fsp3) is 0.941. The van der Waals surface area contributed by atoms with Gasteiger partial charge in [0.2, 0.25) is 0 Å². The maximum absolute atomic E-state index is 13.2. The molecule has 28 heavy (non-hydrogen) atoms. The van der Waals surface area contributed by atoms with Crippen molar-refractivity contribution in [1.82, 2.24) is 0 Å². The zero-order chi connectivity index (χ0) is 21.3. The van der Waals surface area contributed by atoms with E-state index in [9.17, 15) is 27.1 Å². The average molecular weight is 430 g/mol. The zero-order valence-electron chi connectivity index (χ0n) is 15.9. The summed E-state index contributed by atoms with van der Waals surface area (Å²) >= 11 is 0. The molecule has 2 bridgehead atoms. The van der Waals surface area contributed by atoms with Crippen molar-refractivity contribution in [1.29, 1.82) is 0 Å². The smallest absolute Gasteiger partial charge is 0.426 e. The van der Waals surface area contributed by atoms with Gasteiger partial charge in [0.05, 0.1) is 11.7 Å². The number of fused-ring (bicyclic) bond motifs is 2. The zero-order valence-corrected chi connectivity index (χ0v) is 16.7. The molecule has 5 unspecified atom stereocenters. The average Bonchev–Trinajstić information content (AvgIpc) is 3.18. The number of halogens is 2. The van der Waals surface area contributed by atoms with Crippen LogP contribution >= 0.6 is 0 Å². The molecule has 2 aliphatic rings. The lowest BCUT2D eigenvalue weighted by Gasteiger charge is -2.35. The van der Waals surface area contributed by atoms with Crippen LogP contribution in [-0.2, 0) is 24.4 Å². The van der Waals surface area contributed by atoms with Crippen molar-refractivity contribution < 1.29 is 46.2 Å². The van der Waals surface area contributed by atoms with Crippen molar-refractivity contribution in [3.8, 4) is 0 Å². The first-order valence-electron chi connectivity index (χ1n) is 9.39. The van der Waals surface area contributed by atoms with Gasteiger partial charge in [-0.05, 0) is 56.3 Å². The lowest BCUT2D eigenvalue weighted by Crippen LogP contribution is -2.44. The molecule has 3 N–H and O–H groups in total. The van der Waals surface area contributed by atoms with Crippen LogP contribution in [0.1, 0.15) is 52.4 Å². The molecule has 0 radical (unpaired) electrons. The predicted octanol–water partition coefficient (Wildman–Crippen LogP) is 1.70. The summed E-state index contributed by atoms with van der Waals surface area (Å²) in [5, 5.41) is 14.6.